The van der Waals surface area contributed by atoms with E-state index in [9.17, 15) is 0 Å². The molecule has 0 fully saturated rings. The van der Waals surface area contributed by atoms with Gasteiger partial charge in [0.1, 0.15) is 145 Å². The lowest BCUT2D eigenvalue weighted by atomic mass is 9.58. The summed E-state index contributed by atoms with van der Waals surface area (Å²) in [5.74, 6) is 0. The van der Waals surface area contributed by atoms with Gasteiger partial charge in [-0.2, -0.15) is 0 Å². The Kier molecular flexibility index (Phi) is 9.37. The summed E-state index contributed by atoms with van der Waals surface area (Å²) in [4.78, 5) is 0. The molecule has 0 spiro atoms. The first kappa shape index (κ1) is 41.2. The molecule has 1 heterocycles. The maximum atomic E-state index is 7.37. The van der Waals surface area contributed by atoms with Crippen LogP contribution in [0.4, 0.5) is 0 Å². The maximum Gasteiger partial charge on any atom is 0.145 e. The zero-order valence-corrected chi connectivity index (χ0v) is 40.1. The highest BCUT2D eigenvalue weighted by atomic mass is 16.3. The van der Waals surface area contributed by atoms with Gasteiger partial charge in [0.05, 0.1) is 0 Å². The van der Waals surface area contributed by atoms with Crippen molar-refractivity contribution in [3.05, 3.63) is 54.6 Å². The van der Waals surface area contributed by atoms with E-state index in [1.165, 1.54) is 180 Å². The molecule has 0 amide bonds. The largest absolute Gasteiger partial charge is 0.457 e. The highest BCUT2D eigenvalue weighted by molar-refractivity contribution is 6.74. The summed E-state index contributed by atoms with van der Waals surface area (Å²) in [6, 6.07) is 20.5. The highest BCUT2D eigenvalue weighted by Gasteiger charge is 2.31. The maximum absolute atomic E-state index is 7.37. The van der Waals surface area contributed by atoms with Crippen LogP contribution in [0.5, 0.6) is 0 Å². The molecular formula is C44H43B17O. The van der Waals surface area contributed by atoms with Crippen LogP contribution in [0.3, 0.4) is 0 Å². The van der Waals surface area contributed by atoms with Gasteiger partial charge < -0.3 is 4.42 Å². The molecule has 0 radical (unpaired) electrons. The molecule has 0 aliphatic rings. The number of hydrogen-bond donors (Lipinski definition) is 0. The predicted molar refractivity (Wildman–Crippen MR) is 331 cm³/mol. The SMILES string of the molecule is Bc1c(B)c(-c2c3c(B)c(B)c(B)c(B)c3c(-c3cc4ccccc4c4ccccc34)c3c(B)c(B)c(B)c(B)c23)c2c(oc3c(B)c4c(B)c(B)c(B)c(B)c4c(B)c32)c1B. The Bertz CT molecular complexity index is 3700. The Morgan fingerprint density at radius 3 is 1.16 bits per heavy atom. The first-order chi connectivity index (χ1) is 29.4. The molecule has 0 N–H and O–H groups in total. The van der Waals surface area contributed by atoms with Crippen LogP contribution in [0.15, 0.2) is 59.0 Å². The van der Waals surface area contributed by atoms with Crippen molar-refractivity contribution in [1.82, 2.24) is 0 Å². The smallest absolute Gasteiger partial charge is 0.145 e. The van der Waals surface area contributed by atoms with Gasteiger partial charge in [-0.1, -0.05) is 103 Å². The van der Waals surface area contributed by atoms with E-state index in [0.717, 1.165) is 11.2 Å². The third-order valence-electron chi connectivity index (χ3n) is 16.8. The normalized spacial score (nSPS) is 12.0. The van der Waals surface area contributed by atoms with Crippen molar-refractivity contribution in [3.8, 4) is 22.3 Å². The van der Waals surface area contributed by atoms with Crippen LogP contribution in [0, 0.1) is 0 Å². The standard InChI is InChI=1S/C44H43B17O/c45-26-23-24(33(52)40(59)39(58)32(23)51)34(53)44-25(26)22-21(31(50)41(60)42(61)43(22)62-44)16-19-17(27(46)35(54)37(56)29(19)48)15(18-20(16)30(49)38(57)36(55)28(18)47)14-9-10-5-1-2-6-11(10)12-7-3-4-8-13(12)14/h1-9H,45-61H2. The first-order valence-corrected chi connectivity index (χ1v) is 22.6. The Balaban J connectivity index is 1.57. The van der Waals surface area contributed by atoms with E-state index >= 15 is 0 Å². The average Bonchev–Trinajstić information content (AvgIpc) is 3.68. The van der Waals surface area contributed by atoms with E-state index in [1.807, 2.05) is 0 Å². The van der Waals surface area contributed by atoms with Gasteiger partial charge in [-0.15, -0.1) is 32.8 Å². The Morgan fingerprint density at radius 2 is 0.645 bits per heavy atom. The van der Waals surface area contributed by atoms with Crippen LogP contribution in [-0.4, -0.2) is 133 Å². The highest BCUT2D eigenvalue weighted by Crippen LogP contribution is 2.46. The Labute approximate surface area is 381 Å². The van der Waals surface area contributed by atoms with E-state index in [2.05, 4.69) is 188 Å². The topological polar surface area (TPSA) is 13.1 Å². The number of furan rings is 1. The molecule has 1 aromatic heterocycles. The summed E-state index contributed by atoms with van der Waals surface area (Å²) >= 11 is 0. The van der Waals surface area contributed by atoms with Gasteiger partial charge in [-0.25, -0.2) is 0 Å². The second-order valence-corrected chi connectivity index (χ2v) is 19.2. The van der Waals surface area contributed by atoms with Gasteiger partial charge in [0.25, 0.3) is 0 Å². The van der Waals surface area contributed by atoms with Gasteiger partial charge in [0.2, 0.25) is 0 Å². The van der Waals surface area contributed by atoms with E-state index in [-0.39, 0.29) is 0 Å². The third-order valence-corrected chi connectivity index (χ3v) is 16.8. The molecule has 10 rings (SSSR count). The van der Waals surface area contributed by atoms with Gasteiger partial charge >= 0.3 is 0 Å². The van der Waals surface area contributed by atoms with Gasteiger partial charge in [-0.3, -0.25) is 0 Å². The second kappa shape index (κ2) is 14.1. The average molecular weight is 772 g/mol. The number of rotatable bonds is 2. The molecule has 0 saturated carbocycles. The van der Waals surface area contributed by atoms with Crippen molar-refractivity contribution in [2.75, 3.05) is 0 Å². The van der Waals surface area contributed by atoms with E-state index in [0.29, 0.717) is 0 Å². The zero-order valence-electron chi connectivity index (χ0n) is 40.1. The van der Waals surface area contributed by atoms with Crippen LogP contribution in [-0.2, 0) is 0 Å². The molecule has 0 aliphatic carbocycles. The van der Waals surface area contributed by atoms with Crippen molar-refractivity contribution < 1.29 is 4.42 Å². The van der Waals surface area contributed by atoms with Crippen LogP contribution in [0.1, 0.15) is 0 Å². The predicted octanol–water partition coefficient (Wildman–Crippen LogP) is -16.9. The zero-order chi connectivity index (χ0) is 44.3. The second-order valence-electron chi connectivity index (χ2n) is 19.2. The lowest BCUT2D eigenvalue weighted by molar-refractivity contribution is 0.675. The molecule has 0 atom stereocenters. The molecule has 276 valence electrons. The summed E-state index contributed by atoms with van der Waals surface area (Å²) in [5, 5.41) is 15.9. The Morgan fingerprint density at radius 1 is 0.258 bits per heavy atom. The molecular weight excluding hydrogens is 728 g/mol. The van der Waals surface area contributed by atoms with Gasteiger partial charge in [0.15, 0.2) is 0 Å². The molecule has 1 nitrogen and oxygen atoms in total. The van der Waals surface area contributed by atoms with Crippen molar-refractivity contribution in [3.63, 3.8) is 0 Å². The first-order valence-electron chi connectivity index (χ1n) is 22.6. The summed E-state index contributed by atoms with van der Waals surface area (Å²) in [6.07, 6.45) is 0. The third kappa shape index (κ3) is 5.16. The van der Waals surface area contributed by atoms with Crippen LogP contribution in [0.25, 0.3) is 98.1 Å². The number of benzene rings is 9. The number of fused-ring (bicyclic) bond motifs is 9. The minimum Gasteiger partial charge on any atom is -0.457 e. The lowest BCUT2D eigenvalue weighted by Crippen LogP contribution is -2.50. The molecule has 0 bridgehead atoms. The van der Waals surface area contributed by atoms with E-state index in [1.54, 1.807) is 0 Å². The minimum atomic E-state index is 1.02. The molecule has 9 aromatic carbocycles. The minimum absolute atomic E-state index is 1.02. The fourth-order valence-corrected chi connectivity index (χ4v) is 12.1. The molecule has 18 heteroatoms. The summed E-state index contributed by atoms with van der Waals surface area (Å²) < 4.78 is 7.37. The van der Waals surface area contributed by atoms with Crippen molar-refractivity contribution in [2.24, 2.45) is 0 Å². The van der Waals surface area contributed by atoms with Crippen LogP contribution in [0.2, 0.25) is 0 Å². The van der Waals surface area contributed by atoms with Crippen LogP contribution < -0.4 is 92.9 Å². The fourth-order valence-electron chi connectivity index (χ4n) is 12.1. The number of hydrogen-bond acceptors (Lipinski definition) is 1. The lowest BCUT2D eigenvalue weighted by Gasteiger charge is -2.30. The van der Waals surface area contributed by atoms with Crippen molar-refractivity contribution in [1.29, 1.82) is 0 Å². The Hall–Kier alpha value is -4.82. The van der Waals surface area contributed by atoms with E-state index < -0.39 is 0 Å². The summed E-state index contributed by atoms with van der Waals surface area (Å²) in [5.41, 5.74) is 30.2. The molecule has 62 heavy (non-hydrogen) atoms. The molecule has 0 saturated heterocycles. The monoisotopic (exact) mass is 774 g/mol. The quantitative estimate of drug-likeness (QED) is 0.0969. The molecule has 10 aromatic rings. The summed E-state index contributed by atoms with van der Waals surface area (Å²) in [7, 11) is 39.8. The molecule has 0 aliphatic heterocycles. The summed E-state index contributed by atoms with van der Waals surface area (Å²) in [6.45, 7) is 0. The fraction of sp³-hybridized carbons (Fsp3) is 0. The van der Waals surface area contributed by atoms with Gasteiger partial charge in [0, 0.05) is 10.8 Å². The van der Waals surface area contributed by atoms with Gasteiger partial charge in [-0.05, 0) is 87.6 Å². The van der Waals surface area contributed by atoms with Crippen LogP contribution >= 0.6 is 0 Å². The van der Waals surface area contributed by atoms with Crippen molar-refractivity contribution >= 4 is 302 Å². The van der Waals surface area contributed by atoms with Crippen molar-refractivity contribution in [2.45, 2.75) is 0 Å². The van der Waals surface area contributed by atoms with E-state index in [4.69, 9.17) is 4.42 Å². The molecule has 0 unspecified atom stereocenters.